The van der Waals surface area contributed by atoms with Crippen LogP contribution < -0.4 is 0 Å². The van der Waals surface area contributed by atoms with Crippen LogP contribution in [0.15, 0.2) is 36.7 Å². The summed E-state index contributed by atoms with van der Waals surface area (Å²) in [4.78, 5) is 4.01. The van der Waals surface area contributed by atoms with Crippen molar-refractivity contribution in [2.24, 2.45) is 0 Å². The first-order valence-electron chi connectivity index (χ1n) is 5.83. The Morgan fingerprint density at radius 2 is 1.35 bits per heavy atom. The molecule has 0 aliphatic heterocycles. The van der Waals surface area contributed by atoms with Crippen LogP contribution in [-0.2, 0) is 0 Å². The van der Waals surface area contributed by atoms with Crippen LogP contribution in [0, 0.1) is 20.8 Å². The highest BCUT2D eigenvalue weighted by atomic mass is 14.6. The van der Waals surface area contributed by atoms with E-state index in [1.165, 1.54) is 27.8 Å². The van der Waals surface area contributed by atoms with Crippen LogP contribution in [0.4, 0.5) is 0 Å². The topological polar surface area (TPSA) is 12.9 Å². The molecular formula is C16H17N. The van der Waals surface area contributed by atoms with Gasteiger partial charge in [-0.05, 0) is 60.7 Å². The lowest BCUT2D eigenvalue weighted by atomic mass is 10.00. The summed E-state index contributed by atoms with van der Waals surface area (Å²) < 4.78 is 0. The first-order chi connectivity index (χ1) is 8.16. The van der Waals surface area contributed by atoms with E-state index in [1.807, 2.05) is 24.5 Å². The van der Waals surface area contributed by atoms with Gasteiger partial charge in [-0.3, -0.25) is 4.98 Å². The normalized spacial score (nSPS) is 11.0. The monoisotopic (exact) mass is 223 g/mol. The van der Waals surface area contributed by atoms with Gasteiger partial charge < -0.3 is 0 Å². The Labute approximate surface area is 103 Å². The Kier molecular flexibility index (Phi) is 3.38. The van der Waals surface area contributed by atoms with Gasteiger partial charge in [-0.2, -0.15) is 0 Å². The van der Waals surface area contributed by atoms with Crippen molar-refractivity contribution < 1.29 is 0 Å². The van der Waals surface area contributed by atoms with E-state index in [1.54, 1.807) is 0 Å². The van der Waals surface area contributed by atoms with Gasteiger partial charge in [0.1, 0.15) is 0 Å². The van der Waals surface area contributed by atoms with Gasteiger partial charge in [0.05, 0.1) is 0 Å². The average molecular weight is 223 g/mol. The number of aromatic nitrogens is 1. The maximum atomic E-state index is 4.01. The van der Waals surface area contributed by atoms with Crippen LogP contribution in [0.3, 0.4) is 0 Å². The Balaban J connectivity index is 2.28. The zero-order chi connectivity index (χ0) is 12.3. The third-order valence-electron chi connectivity index (χ3n) is 3.12. The minimum atomic E-state index is 1.18. The molecule has 2 aromatic rings. The number of hydrogen-bond donors (Lipinski definition) is 0. The summed E-state index contributed by atoms with van der Waals surface area (Å²) in [6, 6.07) is 8.45. The van der Waals surface area contributed by atoms with Crippen molar-refractivity contribution in [1.29, 1.82) is 0 Å². The third-order valence-corrected chi connectivity index (χ3v) is 3.12. The summed E-state index contributed by atoms with van der Waals surface area (Å²) in [5.41, 5.74) is 6.50. The predicted molar refractivity (Wildman–Crippen MR) is 73.8 cm³/mol. The standard InChI is InChI=1S/C16H17N/c1-12-10-16(11-13(2)14(12)3)5-4-15-6-8-17-9-7-15/h4-11H,1-3H3. The number of hydrogen-bond acceptors (Lipinski definition) is 1. The van der Waals surface area contributed by atoms with Gasteiger partial charge in [-0.1, -0.05) is 24.3 Å². The maximum absolute atomic E-state index is 4.01. The summed E-state index contributed by atoms with van der Waals surface area (Å²) in [5.74, 6) is 0. The highest BCUT2D eigenvalue weighted by Gasteiger charge is 1.98. The largest absolute Gasteiger partial charge is 0.265 e. The Bertz CT molecular complexity index is 516. The number of aryl methyl sites for hydroxylation is 2. The molecule has 0 aliphatic carbocycles. The zero-order valence-electron chi connectivity index (χ0n) is 10.6. The van der Waals surface area contributed by atoms with Gasteiger partial charge in [0.25, 0.3) is 0 Å². The molecule has 0 unspecified atom stereocenters. The first kappa shape index (κ1) is 11.6. The molecule has 1 heterocycles. The molecule has 1 nitrogen and oxygen atoms in total. The summed E-state index contributed by atoms with van der Waals surface area (Å²) >= 11 is 0. The highest BCUT2D eigenvalue weighted by Crippen LogP contribution is 2.17. The lowest BCUT2D eigenvalue weighted by molar-refractivity contribution is 1.26. The van der Waals surface area contributed by atoms with Crippen LogP contribution in [-0.4, -0.2) is 4.98 Å². The molecule has 0 fully saturated rings. The van der Waals surface area contributed by atoms with Gasteiger partial charge in [0.2, 0.25) is 0 Å². The minimum Gasteiger partial charge on any atom is -0.265 e. The molecular weight excluding hydrogens is 206 g/mol. The molecule has 1 aromatic carbocycles. The Hall–Kier alpha value is -1.89. The first-order valence-corrected chi connectivity index (χ1v) is 5.83. The second-order valence-electron chi connectivity index (χ2n) is 4.39. The van der Waals surface area contributed by atoms with Crippen molar-refractivity contribution in [2.45, 2.75) is 20.8 Å². The van der Waals surface area contributed by atoms with Crippen LogP contribution >= 0.6 is 0 Å². The van der Waals surface area contributed by atoms with E-state index in [9.17, 15) is 0 Å². The van der Waals surface area contributed by atoms with Crippen molar-refractivity contribution >= 4 is 12.2 Å². The summed E-state index contributed by atoms with van der Waals surface area (Å²) in [5, 5.41) is 0. The predicted octanol–water partition coefficient (Wildman–Crippen LogP) is 4.18. The quantitative estimate of drug-likeness (QED) is 0.744. The van der Waals surface area contributed by atoms with E-state index in [0.717, 1.165) is 0 Å². The lowest BCUT2D eigenvalue weighted by Crippen LogP contribution is -1.87. The molecule has 86 valence electrons. The number of nitrogens with zero attached hydrogens (tertiary/aromatic N) is 1. The van der Waals surface area contributed by atoms with Crippen molar-refractivity contribution in [3.05, 3.63) is 64.5 Å². The van der Waals surface area contributed by atoms with E-state index in [4.69, 9.17) is 0 Å². The molecule has 0 spiro atoms. The molecule has 0 N–H and O–H groups in total. The van der Waals surface area contributed by atoms with Crippen LogP contribution in [0.5, 0.6) is 0 Å². The molecule has 0 saturated heterocycles. The second-order valence-corrected chi connectivity index (χ2v) is 4.39. The summed E-state index contributed by atoms with van der Waals surface area (Å²) in [6.07, 6.45) is 7.89. The van der Waals surface area contributed by atoms with E-state index < -0.39 is 0 Å². The van der Waals surface area contributed by atoms with Crippen molar-refractivity contribution in [3.8, 4) is 0 Å². The zero-order valence-corrected chi connectivity index (χ0v) is 10.6. The fraction of sp³-hybridized carbons (Fsp3) is 0.188. The van der Waals surface area contributed by atoms with E-state index in [-0.39, 0.29) is 0 Å². The van der Waals surface area contributed by atoms with Gasteiger partial charge in [0, 0.05) is 12.4 Å². The van der Waals surface area contributed by atoms with Gasteiger partial charge >= 0.3 is 0 Å². The third kappa shape index (κ3) is 2.82. The molecule has 17 heavy (non-hydrogen) atoms. The molecule has 2 rings (SSSR count). The second kappa shape index (κ2) is 4.96. The van der Waals surface area contributed by atoms with E-state index >= 15 is 0 Å². The molecule has 0 atom stereocenters. The smallest absolute Gasteiger partial charge is 0.0273 e. The molecule has 0 bridgehead atoms. The maximum Gasteiger partial charge on any atom is 0.0273 e. The minimum absolute atomic E-state index is 1.18. The molecule has 0 amide bonds. The van der Waals surface area contributed by atoms with Crippen LogP contribution in [0.1, 0.15) is 27.8 Å². The molecule has 1 heteroatoms. The van der Waals surface area contributed by atoms with Crippen LogP contribution in [0.2, 0.25) is 0 Å². The number of pyridine rings is 1. The SMILES string of the molecule is Cc1cc(C=Cc2ccncc2)cc(C)c1C. The lowest BCUT2D eigenvalue weighted by Gasteiger charge is -2.06. The molecule has 0 aliphatic rings. The van der Waals surface area contributed by atoms with Gasteiger partial charge in [0.15, 0.2) is 0 Å². The Morgan fingerprint density at radius 1 is 0.824 bits per heavy atom. The average Bonchev–Trinajstić information content (AvgIpc) is 2.34. The van der Waals surface area contributed by atoms with E-state index in [2.05, 4.69) is 50.0 Å². The number of rotatable bonds is 2. The number of benzene rings is 1. The fourth-order valence-electron chi connectivity index (χ4n) is 1.83. The van der Waals surface area contributed by atoms with Gasteiger partial charge in [-0.15, -0.1) is 0 Å². The molecule has 0 saturated carbocycles. The highest BCUT2D eigenvalue weighted by molar-refractivity contribution is 5.70. The van der Waals surface area contributed by atoms with E-state index in [0.29, 0.717) is 0 Å². The fourth-order valence-corrected chi connectivity index (χ4v) is 1.83. The summed E-state index contributed by atoms with van der Waals surface area (Å²) in [6.45, 7) is 6.49. The van der Waals surface area contributed by atoms with Crippen molar-refractivity contribution in [3.63, 3.8) is 0 Å². The summed E-state index contributed by atoms with van der Waals surface area (Å²) in [7, 11) is 0. The van der Waals surface area contributed by atoms with Crippen LogP contribution in [0.25, 0.3) is 12.2 Å². The Morgan fingerprint density at radius 3 is 1.94 bits per heavy atom. The molecule has 0 radical (unpaired) electrons. The molecule has 1 aromatic heterocycles. The van der Waals surface area contributed by atoms with Gasteiger partial charge in [-0.25, -0.2) is 0 Å². The van der Waals surface area contributed by atoms with Crippen molar-refractivity contribution in [1.82, 2.24) is 4.98 Å². The van der Waals surface area contributed by atoms with Crippen molar-refractivity contribution in [2.75, 3.05) is 0 Å².